The van der Waals surface area contributed by atoms with Gasteiger partial charge in [-0.1, -0.05) is 0 Å². The molecule has 2 aliphatic heterocycles. The number of aryl methyl sites for hydroxylation is 1. The zero-order chi connectivity index (χ0) is 18.3. The maximum Gasteiger partial charge on any atom is 0.240 e. The third-order valence-corrected chi connectivity index (χ3v) is 6.35. The van der Waals surface area contributed by atoms with Crippen molar-refractivity contribution in [1.82, 2.24) is 14.5 Å². The zero-order valence-corrected chi connectivity index (χ0v) is 15.7. The molecule has 2 aliphatic rings. The average molecular weight is 377 g/mol. The van der Waals surface area contributed by atoms with Gasteiger partial charge in [0.2, 0.25) is 10.0 Å². The highest BCUT2D eigenvalue weighted by atomic mass is 32.2. The van der Waals surface area contributed by atoms with E-state index in [1.54, 1.807) is 29.1 Å². The van der Waals surface area contributed by atoms with Crippen molar-refractivity contribution in [2.75, 3.05) is 6.61 Å². The number of hydrogen-bond donors (Lipinski definition) is 1. The van der Waals surface area contributed by atoms with Gasteiger partial charge in [0, 0.05) is 31.8 Å². The molecule has 3 heterocycles. The SMILES string of the molecule is C[C@@H]1Cc2cc(S(=O)(=O)N[C@H]3CCCO[C@@H]3c3cnn(C)c3)ccc2O1. The predicted octanol–water partition coefficient (Wildman–Crippen LogP) is 1.94. The Labute approximate surface area is 153 Å². The van der Waals surface area contributed by atoms with Crippen LogP contribution < -0.4 is 9.46 Å². The molecule has 1 aromatic carbocycles. The van der Waals surface area contributed by atoms with E-state index in [0.29, 0.717) is 6.61 Å². The molecule has 140 valence electrons. The summed E-state index contributed by atoms with van der Waals surface area (Å²) in [5.41, 5.74) is 1.82. The molecule has 0 unspecified atom stereocenters. The van der Waals surface area contributed by atoms with Crippen molar-refractivity contribution in [2.45, 2.75) is 49.3 Å². The van der Waals surface area contributed by atoms with E-state index < -0.39 is 10.0 Å². The fourth-order valence-electron chi connectivity index (χ4n) is 3.65. The zero-order valence-electron chi connectivity index (χ0n) is 14.9. The summed E-state index contributed by atoms with van der Waals surface area (Å²) in [6, 6.07) is 4.73. The molecule has 4 rings (SSSR count). The third kappa shape index (κ3) is 3.36. The van der Waals surface area contributed by atoms with Crippen molar-refractivity contribution in [1.29, 1.82) is 0 Å². The summed E-state index contributed by atoms with van der Waals surface area (Å²) < 4.78 is 41.9. The fourth-order valence-corrected chi connectivity index (χ4v) is 4.97. The summed E-state index contributed by atoms with van der Waals surface area (Å²) in [7, 11) is -1.81. The van der Waals surface area contributed by atoms with Crippen LogP contribution >= 0.6 is 0 Å². The van der Waals surface area contributed by atoms with Crippen molar-refractivity contribution in [2.24, 2.45) is 7.05 Å². The molecule has 2 aromatic rings. The van der Waals surface area contributed by atoms with Gasteiger partial charge in [-0.2, -0.15) is 5.10 Å². The van der Waals surface area contributed by atoms with Crippen molar-refractivity contribution >= 4 is 10.0 Å². The first kappa shape index (κ1) is 17.5. The van der Waals surface area contributed by atoms with Gasteiger partial charge in [0.25, 0.3) is 0 Å². The molecular weight excluding hydrogens is 354 g/mol. The van der Waals surface area contributed by atoms with Crippen LogP contribution in [0.5, 0.6) is 5.75 Å². The summed E-state index contributed by atoms with van der Waals surface area (Å²) >= 11 is 0. The van der Waals surface area contributed by atoms with Crippen molar-refractivity contribution < 1.29 is 17.9 Å². The lowest BCUT2D eigenvalue weighted by Gasteiger charge is -2.31. The molecule has 1 fully saturated rings. The van der Waals surface area contributed by atoms with Gasteiger partial charge >= 0.3 is 0 Å². The van der Waals surface area contributed by atoms with Crippen LogP contribution in [0.25, 0.3) is 0 Å². The van der Waals surface area contributed by atoms with E-state index in [1.807, 2.05) is 20.2 Å². The molecule has 1 aromatic heterocycles. The maximum absolute atomic E-state index is 12.9. The van der Waals surface area contributed by atoms with Gasteiger partial charge < -0.3 is 9.47 Å². The molecule has 1 saturated heterocycles. The molecule has 7 nitrogen and oxygen atoms in total. The lowest BCUT2D eigenvalue weighted by atomic mass is 9.99. The Hall–Kier alpha value is -1.90. The molecule has 8 heteroatoms. The van der Waals surface area contributed by atoms with Crippen LogP contribution in [0.4, 0.5) is 0 Å². The van der Waals surface area contributed by atoms with E-state index in [-0.39, 0.29) is 23.1 Å². The topological polar surface area (TPSA) is 82.5 Å². The minimum atomic E-state index is -3.65. The Balaban J connectivity index is 1.57. The van der Waals surface area contributed by atoms with Crippen LogP contribution in [0.1, 0.15) is 37.0 Å². The standard InChI is InChI=1S/C18H23N3O4S/c1-12-8-13-9-15(5-6-17(13)25-12)26(22,23)20-16-4-3-7-24-18(16)14-10-19-21(2)11-14/h5-6,9-12,16,18,20H,3-4,7-8H2,1-2H3/t12-,16+,18-/m1/s1. The molecular formula is C18H23N3O4S. The second-order valence-electron chi connectivity index (χ2n) is 7.01. The van der Waals surface area contributed by atoms with Gasteiger partial charge in [-0.25, -0.2) is 13.1 Å². The number of sulfonamides is 1. The largest absolute Gasteiger partial charge is 0.490 e. The van der Waals surface area contributed by atoms with E-state index in [0.717, 1.165) is 36.1 Å². The van der Waals surface area contributed by atoms with E-state index in [4.69, 9.17) is 9.47 Å². The number of nitrogens with zero attached hydrogens (tertiary/aromatic N) is 2. The van der Waals surface area contributed by atoms with Gasteiger partial charge in [-0.3, -0.25) is 4.68 Å². The van der Waals surface area contributed by atoms with Gasteiger partial charge in [0.15, 0.2) is 0 Å². The highest BCUT2D eigenvalue weighted by Crippen LogP contribution is 2.32. The molecule has 1 N–H and O–H groups in total. The number of ether oxygens (including phenoxy) is 2. The molecule has 0 spiro atoms. The highest BCUT2D eigenvalue weighted by molar-refractivity contribution is 7.89. The highest BCUT2D eigenvalue weighted by Gasteiger charge is 2.33. The number of fused-ring (bicyclic) bond motifs is 1. The normalized spacial score (nSPS) is 25.7. The first-order valence-electron chi connectivity index (χ1n) is 8.84. The summed E-state index contributed by atoms with van der Waals surface area (Å²) in [6.45, 7) is 2.59. The lowest BCUT2D eigenvalue weighted by molar-refractivity contribution is -0.00446. The minimum Gasteiger partial charge on any atom is -0.490 e. The number of aromatic nitrogens is 2. The Bertz CT molecular complexity index is 909. The number of nitrogens with one attached hydrogen (secondary N) is 1. The van der Waals surface area contributed by atoms with E-state index >= 15 is 0 Å². The fraction of sp³-hybridized carbons (Fsp3) is 0.500. The molecule has 0 saturated carbocycles. The number of benzene rings is 1. The Kier molecular flexibility index (Phi) is 4.50. The monoisotopic (exact) mass is 377 g/mol. The van der Waals surface area contributed by atoms with Gasteiger partial charge in [-0.15, -0.1) is 0 Å². The smallest absolute Gasteiger partial charge is 0.240 e. The van der Waals surface area contributed by atoms with E-state index in [9.17, 15) is 8.42 Å². The second-order valence-corrected chi connectivity index (χ2v) is 8.72. The quantitative estimate of drug-likeness (QED) is 0.881. The molecule has 3 atom stereocenters. The summed E-state index contributed by atoms with van der Waals surface area (Å²) in [4.78, 5) is 0.268. The summed E-state index contributed by atoms with van der Waals surface area (Å²) in [6.07, 6.45) is 5.62. The van der Waals surface area contributed by atoms with E-state index in [2.05, 4.69) is 9.82 Å². The first-order chi connectivity index (χ1) is 12.4. The van der Waals surface area contributed by atoms with E-state index in [1.165, 1.54) is 0 Å². The summed E-state index contributed by atoms with van der Waals surface area (Å²) in [5, 5.41) is 4.17. The number of hydrogen-bond acceptors (Lipinski definition) is 5. The third-order valence-electron chi connectivity index (χ3n) is 4.86. The Morgan fingerprint density at radius 1 is 1.35 bits per heavy atom. The minimum absolute atomic E-state index is 0.0811. The molecule has 0 radical (unpaired) electrons. The molecule has 0 aliphatic carbocycles. The van der Waals surface area contributed by atoms with Gasteiger partial charge in [0.05, 0.1) is 17.1 Å². The van der Waals surface area contributed by atoms with Crippen LogP contribution in [0, 0.1) is 0 Å². The van der Waals surface area contributed by atoms with Crippen molar-refractivity contribution in [3.8, 4) is 5.75 Å². The lowest BCUT2D eigenvalue weighted by Crippen LogP contribution is -2.42. The molecule has 0 amide bonds. The molecule has 26 heavy (non-hydrogen) atoms. The van der Waals surface area contributed by atoms with Crippen molar-refractivity contribution in [3.05, 3.63) is 41.7 Å². The molecule has 0 bridgehead atoms. The Morgan fingerprint density at radius 2 is 2.19 bits per heavy atom. The maximum atomic E-state index is 12.9. The summed E-state index contributed by atoms with van der Waals surface area (Å²) in [5.74, 6) is 0.769. The van der Waals surface area contributed by atoms with Crippen LogP contribution in [0.3, 0.4) is 0 Å². The first-order valence-corrected chi connectivity index (χ1v) is 10.3. The van der Waals surface area contributed by atoms with Crippen LogP contribution in [-0.4, -0.2) is 37.0 Å². The predicted molar refractivity (Wildman–Crippen MR) is 95.5 cm³/mol. The van der Waals surface area contributed by atoms with Gasteiger partial charge in [0.1, 0.15) is 18.0 Å². The Morgan fingerprint density at radius 3 is 2.96 bits per heavy atom. The van der Waals surface area contributed by atoms with Crippen LogP contribution in [0.2, 0.25) is 0 Å². The van der Waals surface area contributed by atoms with Gasteiger partial charge in [-0.05, 0) is 43.5 Å². The average Bonchev–Trinajstić information content (AvgIpc) is 3.18. The van der Waals surface area contributed by atoms with Crippen molar-refractivity contribution in [3.63, 3.8) is 0 Å². The second kappa shape index (κ2) is 6.68. The number of rotatable bonds is 4. The van der Waals surface area contributed by atoms with Crippen LogP contribution in [-0.2, 0) is 28.2 Å². The van der Waals surface area contributed by atoms with Crippen LogP contribution in [0.15, 0.2) is 35.5 Å².